The zero-order valence-corrected chi connectivity index (χ0v) is 18.2. The highest BCUT2D eigenvalue weighted by molar-refractivity contribution is 7.13. The fraction of sp³-hybridized carbons (Fsp3) is 0.273. The van der Waals surface area contributed by atoms with E-state index in [1.165, 1.54) is 23.5 Å². The number of hydrogen-bond donors (Lipinski definition) is 2. The second kappa shape index (κ2) is 9.02. The number of carbonyl (C=O) groups excluding carboxylic acids is 2. The molecule has 9 nitrogen and oxygen atoms in total. The topological polar surface area (TPSA) is 106 Å². The maximum absolute atomic E-state index is 13.1. The van der Waals surface area contributed by atoms with Gasteiger partial charge in [0.25, 0.3) is 5.91 Å². The van der Waals surface area contributed by atoms with Crippen LogP contribution in [0, 0.1) is 5.82 Å². The molecule has 0 unspecified atom stereocenters. The van der Waals surface area contributed by atoms with Crippen LogP contribution >= 0.6 is 11.3 Å². The second-order valence-electron chi connectivity index (χ2n) is 7.60. The van der Waals surface area contributed by atoms with Gasteiger partial charge in [-0.3, -0.25) is 4.79 Å². The fourth-order valence-corrected chi connectivity index (χ4v) is 4.65. The Bertz CT molecular complexity index is 1190. The molecular weight excluding hydrogens is 449 g/mol. The van der Waals surface area contributed by atoms with Crippen molar-refractivity contribution in [1.82, 2.24) is 20.4 Å². The van der Waals surface area contributed by atoms with Gasteiger partial charge >= 0.3 is 6.03 Å². The number of amides is 3. The van der Waals surface area contributed by atoms with Gasteiger partial charge in [0.1, 0.15) is 10.8 Å². The van der Waals surface area contributed by atoms with Crippen molar-refractivity contribution >= 4 is 29.0 Å². The van der Waals surface area contributed by atoms with E-state index >= 15 is 0 Å². The van der Waals surface area contributed by atoms with E-state index in [9.17, 15) is 14.0 Å². The highest BCUT2D eigenvalue weighted by Gasteiger charge is 2.33. The monoisotopic (exact) mass is 469 g/mol. The predicted molar refractivity (Wildman–Crippen MR) is 118 cm³/mol. The minimum Gasteiger partial charge on any atom is -0.454 e. The molecule has 3 aromatic rings. The number of likely N-dealkylation sites (tertiary alicyclic amines) is 1. The van der Waals surface area contributed by atoms with Gasteiger partial charge in [-0.1, -0.05) is 23.5 Å². The summed E-state index contributed by atoms with van der Waals surface area (Å²) in [6.45, 7) is 1.03. The molecule has 3 amide bonds. The average Bonchev–Trinajstić information content (AvgIpc) is 3.58. The average molecular weight is 469 g/mol. The summed E-state index contributed by atoms with van der Waals surface area (Å²) in [4.78, 5) is 27.1. The summed E-state index contributed by atoms with van der Waals surface area (Å²) >= 11 is 1.17. The van der Waals surface area contributed by atoms with Gasteiger partial charge in [0.15, 0.2) is 11.5 Å². The molecule has 2 aliphatic rings. The van der Waals surface area contributed by atoms with E-state index in [2.05, 4.69) is 20.8 Å². The first-order valence-electron chi connectivity index (χ1n) is 10.4. The van der Waals surface area contributed by atoms with Crippen LogP contribution in [0.25, 0.3) is 0 Å². The number of nitrogens with zero attached hydrogens (tertiary/aromatic N) is 3. The molecular formula is C22H20FN5O4S. The van der Waals surface area contributed by atoms with E-state index in [4.69, 9.17) is 9.47 Å². The summed E-state index contributed by atoms with van der Waals surface area (Å²) < 4.78 is 23.7. The van der Waals surface area contributed by atoms with Crippen LogP contribution in [-0.2, 0) is 6.54 Å². The molecule has 2 aliphatic heterocycles. The molecule has 0 radical (unpaired) electrons. The number of benzene rings is 2. The smallest absolute Gasteiger partial charge is 0.318 e. The van der Waals surface area contributed by atoms with Crippen molar-refractivity contribution in [2.24, 2.45) is 0 Å². The molecule has 33 heavy (non-hydrogen) atoms. The molecule has 1 aromatic heterocycles. The number of anilines is 1. The number of nitrogens with one attached hydrogen (secondary N) is 2. The quantitative estimate of drug-likeness (QED) is 0.590. The lowest BCUT2D eigenvalue weighted by atomic mass is 10.2. The summed E-state index contributed by atoms with van der Waals surface area (Å²) in [7, 11) is 0. The number of fused-ring (bicyclic) bond motifs is 1. The minimum atomic E-state index is -0.386. The SMILES string of the molecule is O=C(Nc1ccc2c(c1)OCO2)c1nnc([C@H]2CCCN2C(=O)NCc2ccc(F)cc2)s1. The first kappa shape index (κ1) is 21.1. The van der Waals surface area contributed by atoms with Crippen LogP contribution < -0.4 is 20.1 Å². The molecule has 2 N–H and O–H groups in total. The second-order valence-corrected chi connectivity index (χ2v) is 8.61. The van der Waals surface area contributed by atoms with Gasteiger partial charge in [0.2, 0.25) is 11.8 Å². The van der Waals surface area contributed by atoms with Crippen molar-refractivity contribution in [2.45, 2.75) is 25.4 Å². The third-order valence-corrected chi connectivity index (χ3v) is 6.44. The van der Waals surface area contributed by atoms with Crippen LogP contribution in [0.15, 0.2) is 42.5 Å². The van der Waals surface area contributed by atoms with Gasteiger partial charge in [0, 0.05) is 24.8 Å². The zero-order chi connectivity index (χ0) is 22.8. The normalized spacial score (nSPS) is 16.6. The third-order valence-electron chi connectivity index (χ3n) is 5.42. The molecule has 11 heteroatoms. The van der Waals surface area contributed by atoms with Crippen molar-refractivity contribution in [2.75, 3.05) is 18.7 Å². The largest absolute Gasteiger partial charge is 0.454 e. The molecule has 0 spiro atoms. The van der Waals surface area contributed by atoms with Crippen molar-refractivity contribution in [3.63, 3.8) is 0 Å². The van der Waals surface area contributed by atoms with Gasteiger partial charge in [-0.05, 0) is 42.7 Å². The first-order chi connectivity index (χ1) is 16.1. The van der Waals surface area contributed by atoms with E-state index in [1.807, 2.05) is 0 Å². The van der Waals surface area contributed by atoms with Crippen LogP contribution in [0.1, 0.15) is 39.3 Å². The molecule has 0 saturated carbocycles. The summed E-state index contributed by atoms with van der Waals surface area (Å²) in [6.07, 6.45) is 1.56. The van der Waals surface area contributed by atoms with Crippen LogP contribution in [0.4, 0.5) is 14.9 Å². The lowest BCUT2D eigenvalue weighted by Gasteiger charge is -2.23. The van der Waals surface area contributed by atoms with E-state index in [0.29, 0.717) is 35.3 Å². The molecule has 1 atom stereocenters. The summed E-state index contributed by atoms with van der Waals surface area (Å²) in [5, 5.41) is 14.7. The van der Waals surface area contributed by atoms with E-state index in [1.54, 1.807) is 35.2 Å². The van der Waals surface area contributed by atoms with Crippen molar-refractivity contribution in [3.05, 3.63) is 63.9 Å². The molecule has 0 aliphatic carbocycles. The Balaban J connectivity index is 1.22. The Labute approximate surface area is 192 Å². The standard InChI is InChI=1S/C22H20FN5O4S/c23-14-5-3-13(4-6-14)11-24-22(30)28-9-1-2-16(28)20-26-27-21(33-20)19(29)25-15-7-8-17-18(10-15)32-12-31-17/h3-8,10,16H,1-2,9,11-12H2,(H,24,30)(H,25,29)/t16-/m1/s1. The van der Waals surface area contributed by atoms with Gasteiger partial charge < -0.3 is 25.0 Å². The van der Waals surface area contributed by atoms with Crippen LogP contribution in [0.5, 0.6) is 11.5 Å². The number of carbonyl (C=O) groups is 2. The van der Waals surface area contributed by atoms with Crippen molar-refractivity contribution in [1.29, 1.82) is 0 Å². The summed E-state index contributed by atoms with van der Waals surface area (Å²) in [5.74, 6) is 0.492. The van der Waals surface area contributed by atoms with E-state index in [0.717, 1.165) is 18.4 Å². The van der Waals surface area contributed by atoms with E-state index in [-0.39, 0.29) is 35.6 Å². The number of aromatic nitrogens is 2. The molecule has 2 aromatic carbocycles. The predicted octanol–water partition coefficient (Wildman–Crippen LogP) is 3.70. The van der Waals surface area contributed by atoms with Gasteiger partial charge in [-0.2, -0.15) is 0 Å². The zero-order valence-electron chi connectivity index (χ0n) is 17.4. The summed E-state index contributed by atoms with van der Waals surface area (Å²) in [5.41, 5.74) is 1.36. The summed E-state index contributed by atoms with van der Waals surface area (Å²) in [6, 6.07) is 10.6. The Hall–Kier alpha value is -3.73. The van der Waals surface area contributed by atoms with Crippen molar-refractivity contribution < 1.29 is 23.5 Å². The van der Waals surface area contributed by atoms with Crippen molar-refractivity contribution in [3.8, 4) is 11.5 Å². The molecule has 1 saturated heterocycles. The number of urea groups is 1. The Kier molecular flexibility index (Phi) is 5.78. The first-order valence-corrected chi connectivity index (χ1v) is 11.2. The third kappa shape index (κ3) is 4.58. The molecule has 1 fully saturated rings. The lowest BCUT2D eigenvalue weighted by Crippen LogP contribution is -2.39. The van der Waals surface area contributed by atoms with E-state index < -0.39 is 0 Å². The van der Waals surface area contributed by atoms with Gasteiger partial charge in [0.05, 0.1) is 6.04 Å². The number of ether oxygens (including phenoxy) is 2. The van der Waals surface area contributed by atoms with Crippen LogP contribution in [-0.4, -0.2) is 40.4 Å². The molecule has 5 rings (SSSR count). The Morgan fingerprint density at radius 1 is 1.12 bits per heavy atom. The highest BCUT2D eigenvalue weighted by atomic mass is 32.1. The molecule has 3 heterocycles. The van der Waals surface area contributed by atoms with Crippen LogP contribution in [0.2, 0.25) is 0 Å². The minimum absolute atomic E-state index is 0.155. The number of halogens is 1. The van der Waals surface area contributed by atoms with Crippen LogP contribution in [0.3, 0.4) is 0 Å². The highest BCUT2D eigenvalue weighted by Crippen LogP contribution is 2.35. The maximum Gasteiger partial charge on any atom is 0.318 e. The number of rotatable bonds is 5. The lowest BCUT2D eigenvalue weighted by molar-refractivity contribution is 0.102. The maximum atomic E-state index is 13.1. The fourth-order valence-electron chi connectivity index (χ4n) is 3.77. The Morgan fingerprint density at radius 3 is 2.79 bits per heavy atom. The van der Waals surface area contributed by atoms with Gasteiger partial charge in [-0.15, -0.1) is 10.2 Å². The Morgan fingerprint density at radius 2 is 1.94 bits per heavy atom. The molecule has 0 bridgehead atoms. The molecule has 170 valence electrons. The van der Waals surface area contributed by atoms with Gasteiger partial charge in [-0.25, -0.2) is 9.18 Å². The number of hydrogen-bond acceptors (Lipinski definition) is 7.